The standard InChI is InChI=1S/C9H18/c1-6-5-7(2)9(4)8(6)3/h6-9H,5H2,1-4H3/t6-,7-,8-,9+/m0/s1. The molecule has 9 heavy (non-hydrogen) atoms. The molecule has 0 radical (unpaired) electrons. The Labute approximate surface area is 58.7 Å². The third kappa shape index (κ3) is 1.12. The van der Waals surface area contributed by atoms with Crippen LogP contribution in [0.25, 0.3) is 0 Å². The van der Waals surface area contributed by atoms with Crippen LogP contribution in [0, 0.1) is 23.7 Å². The fourth-order valence-electron chi connectivity index (χ4n) is 2.05. The smallest absolute Gasteiger partial charge is 0.0389 e. The average Bonchev–Trinajstić information content (AvgIpc) is 1.98. The largest absolute Gasteiger partial charge is 0.0622 e. The number of hydrogen-bond donors (Lipinski definition) is 0. The highest BCUT2D eigenvalue weighted by Gasteiger charge is 2.31. The van der Waals surface area contributed by atoms with E-state index in [2.05, 4.69) is 27.7 Å². The fraction of sp³-hybridized carbons (Fsp3) is 1.00. The highest BCUT2D eigenvalue weighted by atomic mass is 14.4. The predicted octanol–water partition coefficient (Wildman–Crippen LogP) is 2.93. The molecule has 0 bridgehead atoms. The Morgan fingerprint density at radius 2 is 1.11 bits per heavy atom. The molecule has 0 N–H and O–H groups in total. The first-order valence-corrected chi connectivity index (χ1v) is 4.13. The van der Waals surface area contributed by atoms with Crippen molar-refractivity contribution >= 4 is 0 Å². The summed E-state index contributed by atoms with van der Waals surface area (Å²) in [5, 5.41) is 0. The van der Waals surface area contributed by atoms with E-state index in [4.69, 9.17) is 0 Å². The lowest BCUT2D eigenvalue weighted by Gasteiger charge is -2.14. The zero-order valence-corrected chi connectivity index (χ0v) is 7.02. The molecule has 0 heteroatoms. The summed E-state index contributed by atoms with van der Waals surface area (Å²) in [5.74, 6) is 3.85. The molecule has 0 aliphatic heterocycles. The van der Waals surface area contributed by atoms with Crippen molar-refractivity contribution in [2.45, 2.75) is 34.1 Å². The first-order chi connectivity index (χ1) is 4.13. The Bertz CT molecular complexity index is 84.2. The average molecular weight is 126 g/mol. The Hall–Kier alpha value is 0. The normalized spacial score (nSPS) is 52.0. The SMILES string of the molecule is C[C@@H]1[C@H](C)[C@@H](C)C[C@@H]1C. The number of hydrogen-bond acceptors (Lipinski definition) is 0. The molecule has 1 saturated carbocycles. The molecule has 0 nitrogen and oxygen atoms in total. The van der Waals surface area contributed by atoms with Gasteiger partial charge in [0.15, 0.2) is 0 Å². The van der Waals surface area contributed by atoms with Gasteiger partial charge >= 0.3 is 0 Å². The van der Waals surface area contributed by atoms with Gasteiger partial charge in [-0.05, 0) is 30.1 Å². The summed E-state index contributed by atoms with van der Waals surface area (Å²) in [5.41, 5.74) is 0. The van der Waals surface area contributed by atoms with E-state index in [0.29, 0.717) is 0 Å². The Balaban J connectivity index is 2.54. The van der Waals surface area contributed by atoms with Gasteiger partial charge in [0, 0.05) is 0 Å². The van der Waals surface area contributed by atoms with E-state index in [9.17, 15) is 0 Å². The maximum atomic E-state index is 2.39. The Kier molecular flexibility index (Phi) is 1.83. The quantitative estimate of drug-likeness (QED) is 0.468. The molecule has 1 fully saturated rings. The van der Waals surface area contributed by atoms with E-state index in [1.807, 2.05) is 0 Å². The van der Waals surface area contributed by atoms with Crippen LogP contribution in [0.1, 0.15) is 34.1 Å². The van der Waals surface area contributed by atoms with Gasteiger partial charge in [-0.15, -0.1) is 0 Å². The molecule has 1 aliphatic rings. The lowest BCUT2D eigenvalue weighted by atomic mass is 9.92. The van der Waals surface area contributed by atoms with Crippen molar-refractivity contribution in [3.05, 3.63) is 0 Å². The molecule has 1 rings (SSSR count). The minimum absolute atomic E-state index is 0.958. The van der Waals surface area contributed by atoms with Gasteiger partial charge in [0.1, 0.15) is 0 Å². The van der Waals surface area contributed by atoms with Crippen molar-refractivity contribution in [3.63, 3.8) is 0 Å². The van der Waals surface area contributed by atoms with E-state index in [1.165, 1.54) is 6.42 Å². The fourth-order valence-corrected chi connectivity index (χ4v) is 2.05. The summed E-state index contributed by atoms with van der Waals surface area (Å²) in [6, 6.07) is 0. The molecule has 0 aromatic rings. The van der Waals surface area contributed by atoms with Crippen LogP contribution in [0.5, 0.6) is 0 Å². The van der Waals surface area contributed by atoms with Gasteiger partial charge in [-0.25, -0.2) is 0 Å². The molecule has 0 saturated heterocycles. The van der Waals surface area contributed by atoms with Gasteiger partial charge in [-0.1, -0.05) is 27.7 Å². The third-order valence-corrected chi connectivity index (χ3v) is 3.37. The Morgan fingerprint density at radius 3 is 1.22 bits per heavy atom. The van der Waals surface area contributed by atoms with Crippen LogP contribution >= 0.6 is 0 Å². The summed E-state index contributed by atoms with van der Waals surface area (Å²) in [6.45, 7) is 9.53. The Morgan fingerprint density at radius 1 is 0.778 bits per heavy atom. The molecule has 1 aliphatic carbocycles. The lowest BCUT2D eigenvalue weighted by Crippen LogP contribution is -2.07. The van der Waals surface area contributed by atoms with Crippen molar-refractivity contribution < 1.29 is 0 Å². The second-order valence-corrected chi connectivity index (χ2v) is 3.91. The monoisotopic (exact) mass is 126 g/mol. The number of rotatable bonds is 0. The van der Waals surface area contributed by atoms with E-state index >= 15 is 0 Å². The summed E-state index contributed by atoms with van der Waals surface area (Å²) < 4.78 is 0. The maximum Gasteiger partial charge on any atom is -0.0389 e. The van der Waals surface area contributed by atoms with E-state index in [1.54, 1.807) is 0 Å². The van der Waals surface area contributed by atoms with Crippen LogP contribution in [-0.4, -0.2) is 0 Å². The van der Waals surface area contributed by atoms with Gasteiger partial charge in [-0.3, -0.25) is 0 Å². The molecule has 0 amide bonds. The summed E-state index contributed by atoms with van der Waals surface area (Å²) in [6.07, 6.45) is 1.45. The molecule has 0 unspecified atom stereocenters. The second-order valence-electron chi connectivity index (χ2n) is 3.91. The molecular weight excluding hydrogens is 108 g/mol. The van der Waals surface area contributed by atoms with Crippen molar-refractivity contribution in [2.24, 2.45) is 23.7 Å². The molecule has 0 heterocycles. The minimum atomic E-state index is 0.958. The van der Waals surface area contributed by atoms with E-state index in [-0.39, 0.29) is 0 Å². The maximum absolute atomic E-state index is 2.39. The van der Waals surface area contributed by atoms with Gasteiger partial charge in [-0.2, -0.15) is 0 Å². The third-order valence-electron chi connectivity index (χ3n) is 3.37. The van der Waals surface area contributed by atoms with Crippen molar-refractivity contribution in [1.29, 1.82) is 0 Å². The zero-order valence-electron chi connectivity index (χ0n) is 7.02. The van der Waals surface area contributed by atoms with Gasteiger partial charge < -0.3 is 0 Å². The molecule has 54 valence electrons. The molecule has 0 aromatic carbocycles. The first kappa shape index (κ1) is 7.11. The molecular formula is C9H18. The highest BCUT2D eigenvalue weighted by Crippen LogP contribution is 2.40. The molecule has 0 spiro atoms. The lowest BCUT2D eigenvalue weighted by molar-refractivity contribution is 0.352. The second kappa shape index (κ2) is 2.32. The van der Waals surface area contributed by atoms with Gasteiger partial charge in [0.25, 0.3) is 0 Å². The van der Waals surface area contributed by atoms with Crippen molar-refractivity contribution in [2.75, 3.05) is 0 Å². The molecule has 4 atom stereocenters. The minimum Gasteiger partial charge on any atom is -0.0622 e. The van der Waals surface area contributed by atoms with E-state index in [0.717, 1.165) is 23.7 Å². The van der Waals surface area contributed by atoms with Crippen LogP contribution in [0.2, 0.25) is 0 Å². The van der Waals surface area contributed by atoms with Crippen LogP contribution in [0.4, 0.5) is 0 Å². The van der Waals surface area contributed by atoms with Crippen molar-refractivity contribution in [1.82, 2.24) is 0 Å². The van der Waals surface area contributed by atoms with Crippen molar-refractivity contribution in [3.8, 4) is 0 Å². The summed E-state index contributed by atoms with van der Waals surface area (Å²) in [7, 11) is 0. The van der Waals surface area contributed by atoms with Crippen LogP contribution < -0.4 is 0 Å². The summed E-state index contributed by atoms with van der Waals surface area (Å²) in [4.78, 5) is 0. The van der Waals surface area contributed by atoms with Gasteiger partial charge in [0.05, 0.1) is 0 Å². The molecule has 0 aromatic heterocycles. The first-order valence-electron chi connectivity index (χ1n) is 4.13. The van der Waals surface area contributed by atoms with Crippen LogP contribution in [-0.2, 0) is 0 Å². The zero-order chi connectivity index (χ0) is 7.02. The predicted molar refractivity (Wildman–Crippen MR) is 41.3 cm³/mol. The van der Waals surface area contributed by atoms with Crippen LogP contribution in [0.15, 0.2) is 0 Å². The topological polar surface area (TPSA) is 0 Å². The van der Waals surface area contributed by atoms with Gasteiger partial charge in [0.2, 0.25) is 0 Å². The summed E-state index contributed by atoms with van der Waals surface area (Å²) >= 11 is 0. The van der Waals surface area contributed by atoms with Crippen LogP contribution in [0.3, 0.4) is 0 Å². The van der Waals surface area contributed by atoms with E-state index < -0.39 is 0 Å². The highest BCUT2D eigenvalue weighted by molar-refractivity contribution is 4.81.